The first-order valence-corrected chi connectivity index (χ1v) is 15.3. The average molecular weight is 388 g/mol. The number of amides is 1. The van der Waals surface area contributed by atoms with Crippen LogP contribution in [0.2, 0.25) is 36.3 Å². The Bertz CT molecular complexity index is 502. The Hall–Kier alpha value is -0.176. The van der Waals surface area contributed by atoms with Gasteiger partial charge in [-0.25, -0.2) is 0 Å². The van der Waals surface area contributed by atoms with E-state index < -0.39 is 16.6 Å². The van der Waals surface area contributed by atoms with Crippen molar-refractivity contribution in [2.45, 2.75) is 104 Å². The summed E-state index contributed by atoms with van der Waals surface area (Å²) in [5.41, 5.74) is -0.156. The van der Waals surface area contributed by atoms with Crippen molar-refractivity contribution in [1.29, 1.82) is 0 Å². The molecule has 4 nitrogen and oxygen atoms in total. The van der Waals surface area contributed by atoms with Gasteiger partial charge in [0.15, 0.2) is 16.6 Å². The fourth-order valence-electron chi connectivity index (χ4n) is 2.26. The van der Waals surface area contributed by atoms with Crippen LogP contribution < -0.4 is 5.32 Å². The first-order valence-electron chi connectivity index (χ1n) is 9.44. The Labute approximate surface area is 157 Å². The first-order chi connectivity index (χ1) is 10.8. The van der Waals surface area contributed by atoms with Gasteiger partial charge in [-0.3, -0.25) is 4.79 Å². The molecule has 0 spiro atoms. The van der Waals surface area contributed by atoms with Crippen molar-refractivity contribution in [1.82, 2.24) is 5.32 Å². The van der Waals surface area contributed by atoms with Gasteiger partial charge in [0.05, 0.1) is 6.04 Å². The van der Waals surface area contributed by atoms with Crippen LogP contribution in [0.15, 0.2) is 0 Å². The molecule has 0 saturated carbocycles. The maximum atomic E-state index is 12.2. The summed E-state index contributed by atoms with van der Waals surface area (Å²) >= 11 is 0. The summed E-state index contributed by atoms with van der Waals surface area (Å²) in [6.45, 7) is 27.3. The van der Waals surface area contributed by atoms with Crippen LogP contribution in [0.1, 0.15) is 55.4 Å². The number of hydrogen-bond acceptors (Lipinski definition) is 3. The van der Waals surface area contributed by atoms with Gasteiger partial charge >= 0.3 is 0 Å². The number of hydrogen-bond donors (Lipinski definition) is 1. The highest BCUT2D eigenvalue weighted by Gasteiger charge is 2.53. The molecule has 2 atom stereocenters. The number of rotatable bonds is 6. The molecule has 1 fully saturated rings. The van der Waals surface area contributed by atoms with Gasteiger partial charge in [-0.15, -0.1) is 0 Å². The van der Waals surface area contributed by atoms with Gasteiger partial charge < -0.3 is 14.2 Å². The molecule has 1 rings (SSSR count). The lowest BCUT2D eigenvalue weighted by atomic mass is 9.78. The molecular weight excluding hydrogens is 346 g/mol. The van der Waals surface area contributed by atoms with Crippen molar-refractivity contribution in [2.75, 3.05) is 6.61 Å². The predicted molar refractivity (Wildman–Crippen MR) is 111 cm³/mol. The lowest BCUT2D eigenvalue weighted by molar-refractivity contribution is -0.147. The molecule has 0 aromatic rings. The summed E-state index contributed by atoms with van der Waals surface area (Å²) in [5.74, 6) is 0.0234. The summed E-state index contributed by atoms with van der Waals surface area (Å²) in [6, 6.07) is 0.0129. The topological polar surface area (TPSA) is 47.6 Å². The minimum atomic E-state index is -1.98. The van der Waals surface area contributed by atoms with Crippen LogP contribution in [0.4, 0.5) is 0 Å². The van der Waals surface area contributed by atoms with Gasteiger partial charge in [-0.1, -0.05) is 55.4 Å². The van der Waals surface area contributed by atoms with Crippen LogP contribution >= 0.6 is 0 Å². The number of nitrogens with one attached hydrogen (secondary N) is 1. The maximum Gasteiger partial charge on any atom is 0.250 e. The summed E-state index contributed by atoms with van der Waals surface area (Å²) in [6.07, 6.45) is -0.348. The van der Waals surface area contributed by atoms with E-state index in [0.29, 0.717) is 6.61 Å². The van der Waals surface area contributed by atoms with Crippen molar-refractivity contribution in [3.63, 3.8) is 0 Å². The maximum absolute atomic E-state index is 12.2. The van der Waals surface area contributed by atoms with E-state index in [9.17, 15) is 4.79 Å². The molecule has 1 aliphatic heterocycles. The zero-order valence-corrected chi connectivity index (χ0v) is 20.6. The highest BCUT2D eigenvalue weighted by atomic mass is 28.4. The van der Waals surface area contributed by atoms with Crippen molar-refractivity contribution in [3.05, 3.63) is 0 Å². The number of carbonyl (C=O) groups is 1. The van der Waals surface area contributed by atoms with Crippen LogP contribution in [0.5, 0.6) is 0 Å². The Kier molecular flexibility index (Phi) is 6.19. The van der Waals surface area contributed by atoms with E-state index in [-0.39, 0.29) is 33.5 Å². The van der Waals surface area contributed by atoms with Crippen LogP contribution in [-0.4, -0.2) is 41.3 Å². The smallest absolute Gasteiger partial charge is 0.250 e. The van der Waals surface area contributed by atoms with E-state index in [0.717, 1.165) is 0 Å². The lowest BCUT2D eigenvalue weighted by Crippen LogP contribution is -2.72. The van der Waals surface area contributed by atoms with Gasteiger partial charge in [-0.2, -0.15) is 0 Å². The average Bonchev–Trinajstić information content (AvgIpc) is 2.37. The third kappa shape index (κ3) is 4.96. The van der Waals surface area contributed by atoms with E-state index in [1.807, 2.05) is 0 Å². The quantitative estimate of drug-likeness (QED) is 0.519. The summed E-state index contributed by atoms with van der Waals surface area (Å²) < 4.78 is 12.9. The summed E-state index contributed by atoms with van der Waals surface area (Å²) in [7, 11) is -3.79. The number of carbonyl (C=O) groups excluding carboxylic acids is 1. The lowest BCUT2D eigenvalue weighted by Gasteiger charge is -2.51. The normalized spacial score (nSPS) is 23.3. The second kappa shape index (κ2) is 6.77. The Morgan fingerprint density at radius 1 is 0.880 bits per heavy atom. The first kappa shape index (κ1) is 22.9. The highest BCUT2D eigenvalue weighted by molar-refractivity contribution is 6.74. The van der Waals surface area contributed by atoms with Crippen molar-refractivity contribution in [2.24, 2.45) is 5.41 Å². The van der Waals surface area contributed by atoms with E-state index in [1.54, 1.807) is 0 Å². The molecule has 1 saturated heterocycles. The van der Waals surface area contributed by atoms with Gasteiger partial charge in [0.1, 0.15) is 6.10 Å². The zero-order chi connectivity index (χ0) is 20.1. The molecule has 0 unspecified atom stereocenters. The fraction of sp³-hybridized carbons (Fsp3) is 0.947. The molecule has 1 amide bonds. The second-order valence-corrected chi connectivity index (χ2v) is 20.9. The van der Waals surface area contributed by atoms with E-state index in [4.69, 9.17) is 8.85 Å². The Morgan fingerprint density at radius 2 is 1.32 bits per heavy atom. The molecule has 6 heteroatoms. The number of β-lactam (4-membered cyclic amide) rings is 1. The van der Waals surface area contributed by atoms with Gasteiger partial charge in [0.25, 0.3) is 0 Å². The zero-order valence-electron chi connectivity index (χ0n) is 18.6. The molecule has 0 aromatic heterocycles. The molecule has 0 radical (unpaired) electrons. The van der Waals surface area contributed by atoms with Crippen LogP contribution in [-0.2, 0) is 13.6 Å². The van der Waals surface area contributed by atoms with Crippen LogP contribution in [0.25, 0.3) is 0 Å². The standard InChI is InChI=1S/C19H41NO3Si2/c1-17(2,3)24(9,10)22-13-19(7,8)15-14(16(21)20-15)23-25(11,12)18(4,5)6/h14-15H,13H2,1-12H3,(H,20,21)/t14-,15-/m1/s1. The van der Waals surface area contributed by atoms with Gasteiger partial charge in [0.2, 0.25) is 5.91 Å². The molecule has 148 valence electrons. The summed E-state index contributed by atoms with van der Waals surface area (Å²) in [4.78, 5) is 12.2. The third-order valence-electron chi connectivity index (χ3n) is 6.54. The molecular formula is C19H41NO3Si2. The molecule has 1 heterocycles. The minimum absolute atomic E-state index is 0.0129. The SMILES string of the molecule is CC(C)(CO[Si](C)(C)C(C)(C)C)[C@@H]1NC(=O)[C@@H]1O[Si](C)(C)C(C)(C)C. The molecule has 0 bridgehead atoms. The molecule has 1 aliphatic rings. The van der Waals surface area contributed by atoms with Crippen molar-refractivity contribution in [3.8, 4) is 0 Å². The van der Waals surface area contributed by atoms with Crippen molar-refractivity contribution < 1.29 is 13.6 Å². The molecule has 1 N–H and O–H groups in total. The van der Waals surface area contributed by atoms with Gasteiger partial charge in [0, 0.05) is 12.0 Å². The summed E-state index contributed by atoms with van der Waals surface area (Å²) in [5, 5.41) is 3.35. The molecule has 0 aromatic carbocycles. The highest BCUT2D eigenvalue weighted by Crippen LogP contribution is 2.42. The van der Waals surface area contributed by atoms with Crippen molar-refractivity contribution >= 4 is 22.5 Å². The fourth-order valence-corrected chi connectivity index (χ4v) is 4.66. The Balaban J connectivity index is 2.83. The van der Waals surface area contributed by atoms with E-state index in [1.165, 1.54) is 0 Å². The second-order valence-electron chi connectivity index (χ2n) is 11.3. The third-order valence-corrected chi connectivity index (χ3v) is 15.5. The van der Waals surface area contributed by atoms with Crippen LogP contribution in [0, 0.1) is 5.41 Å². The predicted octanol–water partition coefficient (Wildman–Crippen LogP) is 4.92. The molecule has 0 aliphatic carbocycles. The van der Waals surface area contributed by atoms with Crippen LogP contribution in [0.3, 0.4) is 0 Å². The van der Waals surface area contributed by atoms with E-state index in [2.05, 4.69) is 86.9 Å². The molecule has 25 heavy (non-hydrogen) atoms. The minimum Gasteiger partial charge on any atom is -0.416 e. The Morgan fingerprint density at radius 3 is 1.68 bits per heavy atom. The largest absolute Gasteiger partial charge is 0.416 e. The van der Waals surface area contributed by atoms with Gasteiger partial charge in [-0.05, 0) is 36.3 Å². The van der Waals surface area contributed by atoms with E-state index >= 15 is 0 Å². The monoisotopic (exact) mass is 387 g/mol.